The van der Waals surface area contributed by atoms with Gasteiger partial charge in [-0.3, -0.25) is 9.59 Å². The average Bonchev–Trinajstić information content (AvgIpc) is 3.46. The third-order valence-electron chi connectivity index (χ3n) is 4.63. The molecule has 0 aliphatic carbocycles. The van der Waals surface area contributed by atoms with Crippen molar-refractivity contribution >= 4 is 23.2 Å². The molecule has 2 heterocycles. The summed E-state index contributed by atoms with van der Waals surface area (Å²) in [5.74, 6) is 0.826. The van der Waals surface area contributed by atoms with Crippen molar-refractivity contribution in [2.24, 2.45) is 0 Å². The SMILES string of the molecule is COc1cc(-c2ccc(C(=O)NCCCN(C)C)s2)ccc1C(=O)NCc1ccco1. The van der Waals surface area contributed by atoms with E-state index in [4.69, 9.17) is 9.15 Å². The second kappa shape index (κ2) is 10.8. The molecule has 0 bridgehead atoms. The maximum Gasteiger partial charge on any atom is 0.261 e. The molecule has 0 unspecified atom stereocenters. The number of rotatable bonds is 10. The highest BCUT2D eigenvalue weighted by Crippen LogP contribution is 2.32. The molecule has 2 aromatic heterocycles. The minimum Gasteiger partial charge on any atom is -0.496 e. The predicted molar refractivity (Wildman–Crippen MR) is 122 cm³/mol. The Morgan fingerprint density at radius 2 is 1.94 bits per heavy atom. The van der Waals surface area contributed by atoms with Crippen molar-refractivity contribution in [2.45, 2.75) is 13.0 Å². The van der Waals surface area contributed by atoms with Gasteiger partial charge in [0.2, 0.25) is 0 Å². The Labute approximate surface area is 186 Å². The zero-order chi connectivity index (χ0) is 22.2. The smallest absolute Gasteiger partial charge is 0.261 e. The summed E-state index contributed by atoms with van der Waals surface area (Å²) in [4.78, 5) is 28.6. The number of furan rings is 1. The largest absolute Gasteiger partial charge is 0.496 e. The van der Waals surface area contributed by atoms with Gasteiger partial charge in [0.25, 0.3) is 11.8 Å². The maximum absolute atomic E-state index is 12.5. The second-order valence-corrected chi connectivity index (χ2v) is 8.34. The third kappa shape index (κ3) is 6.19. The lowest BCUT2D eigenvalue weighted by Gasteiger charge is -2.10. The molecule has 2 amide bonds. The van der Waals surface area contributed by atoms with E-state index in [9.17, 15) is 9.59 Å². The van der Waals surface area contributed by atoms with Crippen molar-refractivity contribution in [3.05, 3.63) is 64.9 Å². The molecule has 0 radical (unpaired) electrons. The van der Waals surface area contributed by atoms with E-state index < -0.39 is 0 Å². The van der Waals surface area contributed by atoms with Crippen LogP contribution in [0, 0.1) is 0 Å². The van der Waals surface area contributed by atoms with E-state index in [1.165, 1.54) is 18.4 Å². The van der Waals surface area contributed by atoms with Gasteiger partial charge >= 0.3 is 0 Å². The molecule has 1 aromatic carbocycles. The van der Waals surface area contributed by atoms with Gasteiger partial charge in [0.05, 0.1) is 30.4 Å². The first-order valence-electron chi connectivity index (χ1n) is 9.99. The van der Waals surface area contributed by atoms with Crippen LogP contribution in [0.25, 0.3) is 10.4 Å². The molecule has 0 aliphatic heterocycles. The standard InChI is InChI=1S/C23H27N3O4S/c1-26(2)12-5-11-24-23(28)21-10-9-20(31-21)16-7-8-18(19(14-16)29-3)22(27)25-15-17-6-4-13-30-17/h4,6-10,13-14H,5,11-12,15H2,1-3H3,(H,24,28)(H,25,27). The van der Waals surface area contributed by atoms with E-state index in [0.29, 0.717) is 35.0 Å². The topological polar surface area (TPSA) is 83.8 Å². The minimum absolute atomic E-state index is 0.0732. The third-order valence-corrected chi connectivity index (χ3v) is 5.76. The Kier molecular flexibility index (Phi) is 7.86. The molecule has 0 fully saturated rings. The van der Waals surface area contributed by atoms with Crippen molar-refractivity contribution in [1.29, 1.82) is 0 Å². The molecule has 0 atom stereocenters. The lowest BCUT2D eigenvalue weighted by molar-refractivity contribution is 0.0940. The van der Waals surface area contributed by atoms with Gasteiger partial charge in [-0.1, -0.05) is 6.07 Å². The lowest BCUT2D eigenvalue weighted by Crippen LogP contribution is -2.26. The van der Waals surface area contributed by atoms with E-state index in [1.54, 1.807) is 24.5 Å². The van der Waals surface area contributed by atoms with E-state index in [2.05, 4.69) is 15.5 Å². The average molecular weight is 442 g/mol. The van der Waals surface area contributed by atoms with Crippen molar-refractivity contribution < 1.29 is 18.7 Å². The highest BCUT2D eigenvalue weighted by molar-refractivity contribution is 7.17. The first kappa shape index (κ1) is 22.6. The Morgan fingerprint density at radius 1 is 1.10 bits per heavy atom. The van der Waals surface area contributed by atoms with Crippen LogP contribution in [-0.4, -0.2) is 51.0 Å². The molecule has 0 aliphatic rings. The van der Waals surface area contributed by atoms with Gasteiger partial charge in [0, 0.05) is 11.4 Å². The number of ether oxygens (including phenoxy) is 1. The van der Waals surface area contributed by atoms with E-state index in [0.717, 1.165) is 23.4 Å². The molecule has 2 N–H and O–H groups in total. The summed E-state index contributed by atoms with van der Waals surface area (Å²) in [5, 5.41) is 5.77. The molecule has 8 heteroatoms. The van der Waals surface area contributed by atoms with Gasteiger partial charge in [-0.25, -0.2) is 0 Å². The number of carbonyl (C=O) groups is 2. The molecule has 0 saturated carbocycles. The van der Waals surface area contributed by atoms with E-state index in [1.807, 2.05) is 38.4 Å². The summed E-state index contributed by atoms with van der Waals surface area (Å²) in [5.41, 5.74) is 1.32. The summed E-state index contributed by atoms with van der Waals surface area (Å²) in [7, 11) is 5.55. The number of thiophene rings is 1. The molecule has 0 spiro atoms. The summed E-state index contributed by atoms with van der Waals surface area (Å²) >= 11 is 1.41. The summed E-state index contributed by atoms with van der Waals surface area (Å²) in [6.07, 6.45) is 2.47. The van der Waals surface area contributed by atoms with E-state index >= 15 is 0 Å². The van der Waals surface area contributed by atoms with Gasteiger partial charge in [0.1, 0.15) is 11.5 Å². The van der Waals surface area contributed by atoms with Crippen LogP contribution >= 0.6 is 11.3 Å². The molecule has 164 valence electrons. The Hall–Kier alpha value is -3.10. The molecular weight excluding hydrogens is 414 g/mol. The maximum atomic E-state index is 12.5. The monoisotopic (exact) mass is 441 g/mol. The Morgan fingerprint density at radius 3 is 2.65 bits per heavy atom. The fraction of sp³-hybridized carbons (Fsp3) is 0.304. The summed E-state index contributed by atoms with van der Waals surface area (Å²) in [6, 6.07) is 12.7. The molecule has 3 rings (SSSR count). The highest BCUT2D eigenvalue weighted by Gasteiger charge is 2.16. The number of methoxy groups -OCH3 is 1. The number of benzene rings is 1. The van der Waals surface area contributed by atoms with Crippen molar-refractivity contribution in [3.63, 3.8) is 0 Å². The van der Waals surface area contributed by atoms with Crippen LogP contribution in [0.2, 0.25) is 0 Å². The lowest BCUT2D eigenvalue weighted by atomic mass is 10.1. The van der Waals surface area contributed by atoms with Gasteiger partial charge in [-0.2, -0.15) is 0 Å². The van der Waals surface area contributed by atoms with Gasteiger partial charge in [0.15, 0.2) is 0 Å². The van der Waals surface area contributed by atoms with Crippen LogP contribution in [0.15, 0.2) is 53.1 Å². The first-order chi connectivity index (χ1) is 15.0. The summed E-state index contributed by atoms with van der Waals surface area (Å²) < 4.78 is 10.7. The zero-order valence-corrected chi connectivity index (χ0v) is 18.8. The molecule has 0 saturated heterocycles. The second-order valence-electron chi connectivity index (χ2n) is 7.25. The number of carbonyl (C=O) groups excluding carboxylic acids is 2. The van der Waals surface area contributed by atoms with Crippen LogP contribution in [-0.2, 0) is 6.54 Å². The number of nitrogens with one attached hydrogen (secondary N) is 2. The molecule has 3 aromatic rings. The van der Waals surface area contributed by atoms with E-state index in [-0.39, 0.29) is 11.8 Å². The fourth-order valence-corrected chi connectivity index (χ4v) is 3.93. The van der Waals surface area contributed by atoms with Crippen LogP contribution < -0.4 is 15.4 Å². The van der Waals surface area contributed by atoms with Crippen molar-refractivity contribution in [2.75, 3.05) is 34.3 Å². The normalized spacial score (nSPS) is 10.8. The van der Waals surface area contributed by atoms with Crippen LogP contribution in [0.5, 0.6) is 5.75 Å². The fourth-order valence-electron chi connectivity index (χ4n) is 3.01. The quantitative estimate of drug-likeness (QED) is 0.470. The number of hydrogen-bond acceptors (Lipinski definition) is 6. The van der Waals surface area contributed by atoms with Gasteiger partial charge < -0.3 is 24.7 Å². The number of hydrogen-bond donors (Lipinski definition) is 2. The Bertz CT molecular complexity index is 1010. The molecule has 31 heavy (non-hydrogen) atoms. The minimum atomic E-state index is -0.247. The Balaban J connectivity index is 1.65. The predicted octanol–water partition coefficient (Wildman–Crippen LogP) is 3.63. The van der Waals surface area contributed by atoms with Crippen molar-refractivity contribution in [3.8, 4) is 16.2 Å². The van der Waals surface area contributed by atoms with Crippen LogP contribution in [0.3, 0.4) is 0 Å². The highest BCUT2D eigenvalue weighted by atomic mass is 32.1. The van der Waals surface area contributed by atoms with Crippen molar-refractivity contribution in [1.82, 2.24) is 15.5 Å². The first-order valence-corrected chi connectivity index (χ1v) is 10.8. The van der Waals surface area contributed by atoms with Gasteiger partial charge in [-0.05, 0) is 69.0 Å². The number of amides is 2. The molecular formula is C23H27N3O4S. The molecule has 7 nitrogen and oxygen atoms in total. The van der Waals surface area contributed by atoms with Gasteiger partial charge in [-0.15, -0.1) is 11.3 Å². The summed E-state index contributed by atoms with van der Waals surface area (Å²) in [6.45, 7) is 1.87. The van der Waals surface area contributed by atoms with Crippen LogP contribution in [0.1, 0.15) is 32.2 Å². The van der Waals surface area contributed by atoms with Crippen LogP contribution in [0.4, 0.5) is 0 Å². The number of nitrogens with zero attached hydrogens (tertiary/aromatic N) is 1. The zero-order valence-electron chi connectivity index (χ0n) is 17.9.